The molecule has 11 heteroatoms. The van der Waals surface area contributed by atoms with Gasteiger partial charge in [-0.25, -0.2) is 8.42 Å². The van der Waals surface area contributed by atoms with Crippen molar-refractivity contribution in [3.63, 3.8) is 0 Å². The molecule has 0 unspecified atom stereocenters. The number of hydrogen-bond donors (Lipinski definition) is 2. The number of nitro groups is 1. The Morgan fingerprint density at radius 1 is 1.14 bits per heavy atom. The van der Waals surface area contributed by atoms with Crippen molar-refractivity contribution in [2.24, 2.45) is 11.0 Å². The summed E-state index contributed by atoms with van der Waals surface area (Å²) in [6.45, 7) is 9.18. The molecule has 0 aliphatic carbocycles. The predicted octanol–water partition coefficient (Wildman–Crippen LogP) is 4.92. The largest absolute Gasteiger partial charge is 0.497 e. The number of nitrogens with one attached hydrogen (secondary N) is 2. The van der Waals surface area contributed by atoms with E-state index in [2.05, 4.69) is 33.7 Å². The Labute approximate surface area is 204 Å². The highest BCUT2D eigenvalue weighted by atomic mass is 32.2. The number of hydrogen-bond acceptors (Lipinski definition) is 7. The summed E-state index contributed by atoms with van der Waals surface area (Å²) in [6.07, 6.45) is 1.60. The van der Waals surface area contributed by atoms with Crippen molar-refractivity contribution in [3.05, 3.63) is 75.6 Å². The Bertz CT molecular complexity index is 1350. The maximum absolute atomic E-state index is 12.8. The highest BCUT2D eigenvalue weighted by Gasteiger charge is 2.22. The third-order valence-corrected chi connectivity index (χ3v) is 6.75. The zero-order valence-corrected chi connectivity index (χ0v) is 21.1. The van der Waals surface area contributed by atoms with Crippen LogP contribution in [0.5, 0.6) is 5.75 Å². The summed E-state index contributed by atoms with van der Waals surface area (Å²) in [5.74, 6) is 1.06. The van der Waals surface area contributed by atoms with Crippen LogP contribution in [0.1, 0.15) is 30.8 Å². The molecule has 35 heavy (non-hydrogen) atoms. The molecule has 3 aromatic rings. The molecule has 0 spiro atoms. The smallest absolute Gasteiger partial charge is 0.295 e. The molecule has 0 aliphatic heterocycles. The van der Waals surface area contributed by atoms with Crippen molar-refractivity contribution < 1.29 is 18.1 Å². The van der Waals surface area contributed by atoms with E-state index in [-0.39, 0.29) is 10.6 Å². The fourth-order valence-electron chi connectivity index (χ4n) is 3.57. The van der Waals surface area contributed by atoms with Crippen molar-refractivity contribution in [1.29, 1.82) is 0 Å². The zero-order valence-electron chi connectivity index (χ0n) is 20.3. The second kappa shape index (κ2) is 10.6. The number of hydrazone groups is 1. The normalized spacial score (nSPS) is 11.7. The highest BCUT2D eigenvalue weighted by Crippen LogP contribution is 2.29. The first-order valence-electron chi connectivity index (χ1n) is 10.9. The van der Waals surface area contributed by atoms with Crippen molar-refractivity contribution >= 4 is 33.3 Å². The van der Waals surface area contributed by atoms with Gasteiger partial charge >= 0.3 is 0 Å². The average Bonchev–Trinajstić information content (AvgIpc) is 3.06. The number of rotatable bonds is 10. The summed E-state index contributed by atoms with van der Waals surface area (Å²) in [6, 6.07) is 11.9. The lowest BCUT2D eigenvalue weighted by molar-refractivity contribution is -0.384. The fourth-order valence-corrected chi connectivity index (χ4v) is 4.65. The number of nitrogens with zero attached hydrogens (tertiary/aromatic N) is 3. The molecule has 0 fully saturated rings. The van der Waals surface area contributed by atoms with Crippen LogP contribution in [-0.4, -0.2) is 31.2 Å². The molecular weight excluding hydrogens is 470 g/mol. The van der Waals surface area contributed by atoms with Gasteiger partial charge in [0, 0.05) is 35.2 Å². The first-order valence-corrected chi connectivity index (χ1v) is 12.4. The molecule has 0 bridgehead atoms. The molecule has 0 aliphatic rings. The Balaban J connectivity index is 1.81. The van der Waals surface area contributed by atoms with E-state index in [9.17, 15) is 18.5 Å². The van der Waals surface area contributed by atoms with Crippen LogP contribution in [0.4, 0.5) is 17.1 Å². The number of anilines is 2. The number of aromatic nitrogens is 1. The topological polar surface area (TPSA) is 128 Å². The van der Waals surface area contributed by atoms with Crippen molar-refractivity contribution in [2.75, 3.05) is 17.3 Å². The van der Waals surface area contributed by atoms with E-state index in [0.29, 0.717) is 17.4 Å². The average molecular weight is 500 g/mol. The quantitative estimate of drug-likeness (QED) is 0.231. The zero-order chi connectivity index (χ0) is 25.8. The van der Waals surface area contributed by atoms with E-state index < -0.39 is 20.6 Å². The number of ether oxygens (including phenoxy) is 1. The minimum Gasteiger partial charge on any atom is -0.497 e. The third kappa shape index (κ3) is 6.18. The van der Waals surface area contributed by atoms with Crippen LogP contribution in [0.15, 0.2) is 58.5 Å². The van der Waals surface area contributed by atoms with Gasteiger partial charge in [-0.3, -0.25) is 20.3 Å². The highest BCUT2D eigenvalue weighted by molar-refractivity contribution is 7.92. The van der Waals surface area contributed by atoms with E-state index in [4.69, 9.17) is 4.74 Å². The lowest BCUT2D eigenvalue weighted by Crippen LogP contribution is -2.13. The van der Waals surface area contributed by atoms with Gasteiger partial charge in [0.25, 0.3) is 15.7 Å². The maximum Gasteiger partial charge on any atom is 0.295 e. The number of methoxy groups -OCH3 is 1. The van der Waals surface area contributed by atoms with Gasteiger partial charge in [0.15, 0.2) is 0 Å². The maximum atomic E-state index is 12.8. The first kappa shape index (κ1) is 25.8. The summed E-state index contributed by atoms with van der Waals surface area (Å²) in [5.41, 5.74) is 5.67. The molecular formula is C24H29N5O5S. The van der Waals surface area contributed by atoms with E-state index in [1.807, 2.05) is 19.9 Å². The Morgan fingerprint density at radius 3 is 2.43 bits per heavy atom. The molecule has 1 aromatic heterocycles. The predicted molar refractivity (Wildman–Crippen MR) is 137 cm³/mol. The van der Waals surface area contributed by atoms with E-state index >= 15 is 0 Å². The second-order valence-corrected chi connectivity index (χ2v) is 10.2. The van der Waals surface area contributed by atoms with Crippen LogP contribution in [-0.2, 0) is 16.6 Å². The first-order chi connectivity index (χ1) is 16.5. The molecule has 10 nitrogen and oxygen atoms in total. The van der Waals surface area contributed by atoms with Crippen molar-refractivity contribution in [2.45, 2.75) is 39.1 Å². The van der Waals surface area contributed by atoms with Crippen molar-refractivity contribution in [1.82, 2.24) is 4.57 Å². The summed E-state index contributed by atoms with van der Waals surface area (Å²) in [5, 5.41) is 15.8. The summed E-state index contributed by atoms with van der Waals surface area (Å²) in [7, 11) is -2.55. The molecule has 3 rings (SSSR count). The Morgan fingerprint density at radius 2 is 1.83 bits per heavy atom. The van der Waals surface area contributed by atoms with Crippen LogP contribution < -0.4 is 14.9 Å². The Hall–Kier alpha value is -3.86. The number of aryl methyl sites for hydroxylation is 1. The van der Waals surface area contributed by atoms with Gasteiger partial charge in [-0.1, -0.05) is 13.8 Å². The van der Waals surface area contributed by atoms with E-state index in [0.717, 1.165) is 29.6 Å². The van der Waals surface area contributed by atoms with Gasteiger partial charge in [0.1, 0.15) is 11.4 Å². The minimum atomic E-state index is -4.05. The molecule has 0 saturated carbocycles. The van der Waals surface area contributed by atoms with Crippen LogP contribution in [0.25, 0.3) is 0 Å². The van der Waals surface area contributed by atoms with E-state index in [1.54, 1.807) is 18.3 Å². The Kier molecular flexibility index (Phi) is 7.80. The van der Waals surface area contributed by atoms with Crippen LogP contribution in [0.2, 0.25) is 0 Å². The van der Waals surface area contributed by atoms with Gasteiger partial charge in [-0.2, -0.15) is 5.10 Å². The van der Waals surface area contributed by atoms with Crippen molar-refractivity contribution in [3.8, 4) is 5.75 Å². The summed E-state index contributed by atoms with van der Waals surface area (Å²) in [4.78, 5) is 10.8. The number of benzene rings is 2. The lowest BCUT2D eigenvalue weighted by Gasteiger charge is -2.11. The third-order valence-electron chi connectivity index (χ3n) is 5.37. The SMILES string of the molecule is COc1ccc(NS(=O)(=O)c2ccc(NN=Cc3cc(C)n(CC(C)C)c3C)c([N+](=O)[O-])c2)cc1. The van der Waals surface area contributed by atoms with Gasteiger partial charge in [0.2, 0.25) is 0 Å². The minimum absolute atomic E-state index is 0.0747. The van der Waals surface area contributed by atoms with Crippen LogP contribution in [0.3, 0.4) is 0 Å². The summed E-state index contributed by atoms with van der Waals surface area (Å²) < 4.78 is 35.2. The second-order valence-electron chi connectivity index (χ2n) is 8.47. The standard InChI is InChI=1S/C24H29N5O5S/c1-16(2)15-28-17(3)12-19(18(28)4)14-25-26-23-11-10-22(13-24(23)29(30)31)35(32,33)27-20-6-8-21(34-5)9-7-20/h6-14,16,26-27H,15H2,1-5H3. The van der Waals surface area contributed by atoms with E-state index in [1.165, 1.54) is 31.4 Å². The molecule has 0 radical (unpaired) electrons. The molecule has 0 atom stereocenters. The number of nitro benzene ring substituents is 1. The van der Waals surface area contributed by atoms with Gasteiger partial charge in [0.05, 0.1) is 23.1 Å². The lowest BCUT2D eigenvalue weighted by atomic mass is 10.2. The summed E-state index contributed by atoms with van der Waals surface area (Å²) >= 11 is 0. The van der Waals surface area contributed by atoms with Gasteiger partial charge in [-0.15, -0.1) is 0 Å². The van der Waals surface area contributed by atoms with Crippen LogP contribution >= 0.6 is 0 Å². The van der Waals surface area contributed by atoms with Crippen LogP contribution in [0, 0.1) is 29.9 Å². The van der Waals surface area contributed by atoms with Gasteiger partial charge in [-0.05, 0) is 62.2 Å². The molecule has 0 amide bonds. The molecule has 0 saturated heterocycles. The molecule has 1 heterocycles. The molecule has 2 N–H and O–H groups in total. The van der Waals surface area contributed by atoms with Gasteiger partial charge < -0.3 is 9.30 Å². The monoisotopic (exact) mass is 499 g/mol. The molecule has 186 valence electrons. The molecule has 2 aromatic carbocycles. The fraction of sp³-hybridized carbons (Fsp3) is 0.292. The number of sulfonamides is 1.